The predicted octanol–water partition coefficient (Wildman–Crippen LogP) is 7.34. The second kappa shape index (κ2) is 14.0. The van der Waals surface area contributed by atoms with Crippen molar-refractivity contribution >= 4 is 40.4 Å². The number of rotatable bonds is 11. The zero-order valence-electron chi connectivity index (χ0n) is 25.1. The van der Waals surface area contributed by atoms with Gasteiger partial charge in [-0.1, -0.05) is 75.0 Å². The summed E-state index contributed by atoms with van der Waals surface area (Å²) in [5, 5.41) is 7.69. The molecule has 2 atom stereocenters. The minimum absolute atomic E-state index is 0.287. The lowest BCUT2D eigenvalue weighted by atomic mass is 9.97. The summed E-state index contributed by atoms with van der Waals surface area (Å²) in [6.07, 6.45) is 2.58. The van der Waals surface area contributed by atoms with Gasteiger partial charge in [-0.3, -0.25) is 9.59 Å². The maximum absolute atomic E-state index is 14.1. The van der Waals surface area contributed by atoms with Gasteiger partial charge in [-0.05, 0) is 86.6 Å². The maximum atomic E-state index is 14.1. The second-order valence-corrected chi connectivity index (χ2v) is 11.8. The van der Waals surface area contributed by atoms with Crippen molar-refractivity contribution in [1.29, 1.82) is 0 Å². The molecule has 0 fully saturated rings. The number of nitrogens with one attached hydrogen (secondary N) is 2. The van der Waals surface area contributed by atoms with Crippen LogP contribution in [0.15, 0.2) is 73.3 Å². The van der Waals surface area contributed by atoms with E-state index in [0.29, 0.717) is 23.6 Å². The van der Waals surface area contributed by atoms with Crippen molar-refractivity contribution in [2.45, 2.75) is 72.1 Å². The van der Waals surface area contributed by atoms with Gasteiger partial charge in [0, 0.05) is 11.7 Å². The van der Waals surface area contributed by atoms with Crippen molar-refractivity contribution in [3.8, 4) is 0 Å². The number of carbonyl (C=O) groups excluding carboxylic acids is 3. The molecular formula is C34H43N3O4. The molecule has 0 radical (unpaired) electrons. The van der Waals surface area contributed by atoms with Crippen molar-refractivity contribution in [3.63, 3.8) is 0 Å². The van der Waals surface area contributed by atoms with Gasteiger partial charge in [0.2, 0.25) is 5.91 Å². The Morgan fingerprint density at radius 1 is 0.927 bits per heavy atom. The molecule has 2 N–H and O–H groups in total. The van der Waals surface area contributed by atoms with Crippen molar-refractivity contribution in [2.75, 3.05) is 11.9 Å². The summed E-state index contributed by atoms with van der Waals surface area (Å²) in [5.74, 6) is -0.304. The van der Waals surface area contributed by atoms with Crippen LogP contribution in [-0.4, -0.2) is 41.0 Å². The first kappa shape index (κ1) is 31.4. The Kier molecular flexibility index (Phi) is 10.7. The number of fused-ring (bicyclic) bond motifs is 1. The lowest BCUT2D eigenvalue weighted by molar-refractivity contribution is -0.140. The number of hydrogen-bond acceptors (Lipinski definition) is 4. The van der Waals surface area contributed by atoms with Gasteiger partial charge in [0.15, 0.2) is 0 Å². The molecule has 0 saturated heterocycles. The minimum atomic E-state index is -0.948. The highest BCUT2D eigenvalue weighted by Gasteiger charge is 2.35. The van der Waals surface area contributed by atoms with Crippen LogP contribution in [0.3, 0.4) is 0 Å². The fourth-order valence-electron chi connectivity index (χ4n) is 4.68. The summed E-state index contributed by atoms with van der Waals surface area (Å²) < 4.78 is 5.33. The van der Waals surface area contributed by atoms with Gasteiger partial charge in [-0.15, -0.1) is 0 Å². The van der Waals surface area contributed by atoms with Gasteiger partial charge in [-0.2, -0.15) is 0 Å². The fourth-order valence-corrected chi connectivity index (χ4v) is 4.68. The monoisotopic (exact) mass is 557 g/mol. The average Bonchev–Trinajstić information content (AvgIpc) is 2.92. The highest BCUT2D eigenvalue weighted by molar-refractivity contribution is 6.00. The van der Waals surface area contributed by atoms with Crippen molar-refractivity contribution in [1.82, 2.24) is 10.2 Å². The van der Waals surface area contributed by atoms with Crippen LogP contribution in [-0.2, 0) is 14.3 Å². The van der Waals surface area contributed by atoms with Crippen LogP contribution in [0.1, 0.15) is 71.6 Å². The van der Waals surface area contributed by atoms with Gasteiger partial charge in [0.05, 0.1) is 0 Å². The Labute approximate surface area is 244 Å². The van der Waals surface area contributed by atoms with E-state index in [9.17, 15) is 14.4 Å². The average molecular weight is 558 g/mol. The molecule has 7 nitrogen and oxygen atoms in total. The molecule has 0 spiro atoms. The second-order valence-electron chi connectivity index (χ2n) is 11.8. The Balaban J connectivity index is 2.00. The van der Waals surface area contributed by atoms with Crippen molar-refractivity contribution in [2.24, 2.45) is 5.92 Å². The highest BCUT2D eigenvalue weighted by atomic mass is 16.6. The molecule has 7 heteroatoms. The van der Waals surface area contributed by atoms with E-state index in [4.69, 9.17) is 4.74 Å². The first-order valence-electron chi connectivity index (χ1n) is 14.2. The Bertz CT molecular complexity index is 1380. The van der Waals surface area contributed by atoms with Gasteiger partial charge in [0.25, 0.3) is 5.91 Å². The molecule has 0 bridgehead atoms. The van der Waals surface area contributed by atoms with E-state index >= 15 is 0 Å². The number of alkyl carbamates (subject to hydrolysis) is 1. The number of hydrogen-bond donors (Lipinski definition) is 2. The third-order valence-electron chi connectivity index (χ3n) is 6.71. The van der Waals surface area contributed by atoms with E-state index in [1.807, 2.05) is 73.7 Å². The topological polar surface area (TPSA) is 87.7 Å². The molecule has 3 rings (SSSR count). The Morgan fingerprint density at radius 3 is 2.29 bits per heavy atom. The third-order valence-corrected chi connectivity index (χ3v) is 6.71. The molecule has 41 heavy (non-hydrogen) atoms. The molecule has 3 aromatic carbocycles. The highest BCUT2D eigenvalue weighted by Crippen LogP contribution is 2.29. The summed E-state index contributed by atoms with van der Waals surface area (Å²) in [7, 11) is 0. The van der Waals surface area contributed by atoms with Gasteiger partial charge in [-0.25, -0.2) is 4.79 Å². The number of benzene rings is 3. The quantitative estimate of drug-likeness (QED) is 0.258. The Morgan fingerprint density at radius 2 is 1.63 bits per heavy atom. The third kappa shape index (κ3) is 9.20. The SMILES string of the molecule is C=Cc1cccc(C(C(=O)Nc2ccc3ccccc3c2)N(C(=O)CNC(=O)OC(C)(C)C)C(C)CCC(C)C)c1. The maximum Gasteiger partial charge on any atom is 0.408 e. The summed E-state index contributed by atoms with van der Waals surface area (Å²) in [6.45, 7) is 15.0. The summed E-state index contributed by atoms with van der Waals surface area (Å²) in [4.78, 5) is 42.0. The fraction of sp³-hybridized carbons (Fsp3) is 0.382. The molecule has 3 amide bonds. The van der Waals surface area contributed by atoms with E-state index in [1.165, 1.54) is 0 Å². The lowest BCUT2D eigenvalue weighted by Crippen LogP contribution is -2.50. The smallest absolute Gasteiger partial charge is 0.408 e. The lowest BCUT2D eigenvalue weighted by Gasteiger charge is -2.37. The molecule has 3 aromatic rings. The molecule has 0 heterocycles. The molecule has 218 valence electrons. The molecule has 0 aliphatic rings. The van der Waals surface area contributed by atoms with Crippen LogP contribution in [0.4, 0.5) is 10.5 Å². The van der Waals surface area contributed by atoms with Crippen LogP contribution in [0.25, 0.3) is 16.8 Å². The van der Waals surface area contributed by atoms with Crippen LogP contribution in [0, 0.1) is 5.92 Å². The first-order valence-corrected chi connectivity index (χ1v) is 14.2. The standard InChI is InChI=1S/C34H43N3O4/c1-8-25-12-11-15-28(20-25)31(32(39)36-29-19-18-26-13-9-10-14-27(26)21-29)37(24(4)17-16-23(2)3)30(38)22-35-33(40)41-34(5,6)7/h8-15,18-21,23-24,31H,1,16-17,22H2,2-7H3,(H,35,40)(H,36,39). The van der Waals surface area contributed by atoms with Gasteiger partial charge < -0.3 is 20.3 Å². The summed E-state index contributed by atoms with van der Waals surface area (Å²) in [6, 6.07) is 19.9. The number of carbonyl (C=O) groups is 3. The van der Waals surface area contributed by atoms with Crippen LogP contribution >= 0.6 is 0 Å². The van der Waals surface area contributed by atoms with E-state index in [-0.39, 0.29) is 24.4 Å². The molecule has 0 aliphatic heterocycles. The number of nitrogens with zero attached hydrogens (tertiary/aromatic N) is 1. The minimum Gasteiger partial charge on any atom is -0.444 e. The molecule has 0 saturated carbocycles. The van der Waals surface area contributed by atoms with Gasteiger partial charge in [0.1, 0.15) is 18.2 Å². The largest absolute Gasteiger partial charge is 0.444 e. The molecule has 0 aliphatic carbocycles. The zero-order chi connectivity index (χ0) is 30.2. The van der Waals surface area contributed by atoms with Crippen LogP contribution in [0.2, 0.25) is 0 Å². The molecule has 2 unspecified atom stereocenters. The van der Waals surface area contributed by atoms with Crippen molar-refractivity contribution < 1.29 is 19.1 Å². The number of anilines is 1. The van der Waals surface area contributed by atoms with E-state index in [1.54, 1.807) is 31.7 Å². The molecule has 0 aromatic heterocycles. The molecular weight excluding hydrogens is 514 g/mol. The van der Waals surface area contributed by atoms with E-state index in [2.05, 4.69) is 31.1 Å². The van der Waals surface area contributed by atoms with E-state index in [0.717, 1.165) is 22.8 Å². The van der Waals surface area contributed by atoms with Crippen LogP contribution < -0.4 is 10.6 Å². The summed E-state index contributed by atoms with van der Waals surface area (Å²) in [5.41, 5.74) is 1.42. The van der Waals surface area contributed by atoms with Gasteiger partial charge >= 0.3 is 6.09 Å². The van der Waals surface area contributed by atoms with Crippen LogP contribution in [0.5, 0.6) is 0 Å². The summed E-state index contributed by atoms with van der Waals surface area (Å²) >= 11 is 0. The number of ether oxygens (including phenoxy) is 1. The van der Waals surface area contributed by atoms with E-state index < -0.39 is 17.7 Å². The zero-order valence-corrected chi connectivity index (χ0v) is 25.1. The van der Waals surface area contributed by atoms with Crippen molar-refractivity contribution in [3.05, 3.63) is 84.4 Å². The normalized spacial score (nSPS) is 12.9. The Hall–Kier alpha value is -4.13. The number of amides is 3. The first-order chi connectivity index (χ1) is 19.4. The predicted molar refractivity (Wildman–Crippen MR) is 166 cm³/mol.